The van der Waals surface area contributed by atoms with Gasteiger partial charge in [-0.25, -0.2) is 0 Å². The fraction of sp³-hybridized carbons (Fsp3) is 1.00. The molecule has 0 heterocycles. The zero-order valence-electron chi connectivity index (χ0n) is 22.7. The molecule has 0 aromatic carbocycles. The van der Waals surface area contributed by atoms with Gasteiger partial charge in [-0.15, -0.1) is 0 Å². The van der Waals surface area contributed by atoms with E-state index in [9.17, 15) is 0 Å². The fourth-order valence-corrected chi connectivity index (χ4v) is 134. The van der Waals surface area contributed by atoms with Gasteiger partial charge in [0.2, 0.25) is 0 Å². The Morgan fingerprint density at radius 1 is 0.296 bits per heavy atom. The molecule has 160 valence electrons. The van der Waals surface area contributed by atoms with Crippen LogP contribution in [0.3, 0.4) is 0 Å². The third-order valence-corrected chi connectivity index (χ3v) is 138. The second-order valence-corrected chi connectivity index (χ2v) is 76.7. The van der Waals surface area contributed by atoms with Gasteiger partial charge in [-0.2, -0.15) is 0 Å². The van der Waals surface area contributed by atoms with Crippen LogP contribution in [0.15, 0.2) is 0 Å². The van der Waals surface area contributed by atoms with Crippen LogP contribution in [0.1, 0.15) is 0 Å². The predicted octanol–water partition coefficient (Wildman–Crippen LogP) is 8.65. The molecule has 27 heavy (non-hydrogen) atoms. The molecule has 0 atom stereocenters. The molecule has 0 fully saturated rings. The SMILES string of the molecule is C[Si](C)(C)[C]([Hg][C]([Si](C)(C)C)([Si](C)(C)C)[Si](C)(C)C)([Si](C)(C)C)[Si](C)(C)C. The second-order valence-electron chi connectivity index (χ2n) is 15.5. The first-order chi connectivity index (χ1) is 11.2. The van der Waals surface area contributed by atoms with Crippen molar-refractivity contribution in [1.29, 1.82) is 0 Å². The molecule has 7 heteroatoms. The average Bonchev–Trinajstić information content (AvgIpc) is 2.16. The Hall–Kier alpha value is 2.24. The number of hydrogen-bond acceptors (Lipinski definition) is 0. The van der Waals surface area contributed by atoms with E-state index in [1.54, 1.807) is 0 Å². The topological polar surface area (TPSA) is 0 Å². The first-order valence-electron chi connectivity index (χ1n) is 11.2. The molecule has 0 aromatic rings. The standard InChI is InChI=1S/2C10H27Si3.Hg/c2*1-11(2,3)10(12(4,5)6)13(7,8)9;/h2*1-9H3;. The summed E-state index contributed by atoms with van der Waals surface area (Å²) in [6.45, 7) is 50.4. The van der Waals surface area contributed by atoms with E-state index in [0.717, 1.165) is 3.59 Å². The van der Waals surface area contributed by atoms with E-state index in [4.69, 9.17) is 0 Å². The van der Waals surface area contributed by atoms with Gasteiger partial charge in [-0.3, -0.25) is 0 Å². The fourth-order valence-electron chi connectivity index (χ4n) is 8.74. The molecule has 0 nitrogen and oxygen atoms in total. The molecule has 0 saturated heterocycles. The van der Waals surface area contributed by atoms with Gasteiger partial charge < -0.3 is 0 Å². The minimum absolute atomic E-state index is 0.911. The van der Waals surface area contributed by atoms with Crippen LogP contribution >= 0.6 is 0 Å². The molecule has 0 spiro atoms. The van der Waals surface area contributed by atoms with Crippen molar-refractivity contribution in [3.8, 4) is 0 Å². The maximum absolute atomic E-state index is 2.80. The van der Waals surface area contributed by atoms with E-state index in [2.05, 4.69) is 118 Å². The van der Waals surface area contributed by atoms with Crippen LogP contribution in [-0.2, 0) is 24.6 Å². The van der Waals surface area contributed by atoms with E-state index >= 15 is 0 Å². The van der Waals surface area contributed by atoms with Crippen molar-refractivity contribution in [2.75, 3.05) is 0 Å². The summed E-state index contributed by atoms with van der Waals surface area (Å²) in [5, 5.41) is 0. The Kier molecular flexibility index (Phi) is 8.64. The summed E-state index contributed by atoms with van der Waals surface area (Å²) in [5.41, 5.74) is 0. The molecular weight excluding hydrogens is 609 g/mol. The number of rotatable bonds is 8. The Balaban J connectivity index is 7.45. The van der Waals surface area contributed by atoms with Crippen molar-refractivity contribution in [1.82, 2.24) is 0 Å². The van der Waals surface area contributed by atoms with Crippen LogP contribution in [0, 0.1) is 0 Å². The van der Waals surface area contributed by atoms with Gasteiger partial charge in [0.05, 0.1) is 0 Å². The van der Waals surface area contributed by atoms with Crippen LogP contribution in [0.25, 0.3) is 0 Å². The third kappa shape index (κ3) is 5.02. The monoisotopic (exact) mass is 664 g/mol. The summed E-state index contributed by atoms with van der Waals surface area (Å²) < 4.78 is 1.82. The van der Waals surface area contributed by atoms with Crippen molar-refractivity contribution in [2.45, 2.75) is 121 Å². The summed E-state index contributed by atoms with van der Waals surface area (Å²) in [7, 11) is -7.59. The van der Waals surface area contributed by atoms with Crippen molar-refractivity contribution in [2.24, 2.45) is 0 Å². The summed E-state index contributed by atoms with van der Waals surface area (Å²) in [6, 6.07) is 0. The Morgan fingerprint density at radius 3 is 0.481 bits per heavy atom. The maximum atomic E-state index is 2.80. The van der Waals surface area contributed by atoms with Crippen LogP contribution in [0.5, 0.6) is 0 Å². The van der Waals surface area contributed by atoms with Crippen LogP contribution < -0.4 is 0 Å². The van der Waals surface area contributed by atoms with Gasteiger partial charge >= 0.3 is 194 Å². The van der Waals surface area contributed by atoms with Gasteiger partial charge in [0.25, 0.3) is 0 Å². The Morgan fingerprint density at radius 2 is 0.407 bits per heavy atom. The summed E-state index contributed by atoms with van der Waals surface area (Å²) in [4.78, 5) is 0. The first-order valence-corrected chi connectivity index (χ1v) is 37.7. The van der Waals surface area contributed by atoms with Crippen molar-refractivity contribution in [3.05, 3.63) is 0 Å². The van der Waals surface area contributed by atoms with Crippen LogP contribution in [-0.4, -0.2) is 48.4 Å². The van der Waals surface area contributed by atoms with Crippen LogP contribution in [0.4, 0.5) is 0 Å². The van der Waals surface area contributed by atoms with E-state index in [-0.39, 0.29) is 0 Å². The molecule has 0 aliphatic heterocycles. The van der Waals surface area contributed by atoms with Crippen LogP contribution in [0.2, 0.25) is 121 Å². The Bertz CT molecular complexity index is 396. The predicted molar refractivity (Wildman–Crippen MR) is 145 cm³/mol. The average molecular weight is 664 g/mol. The normalized spacial score (nSPS) is 16.4. The van der Waals surface area contributed by atoms with Crippen molar-refractivity contribution in [3.63, 3.8) is 0 Å². The summed E-state index contributed by atoms with van der Waals surface area (Å²) >= 11 is -1.33. The second kappa shape index (κ2) is 7.98. The molecule has 0 radical (unpaired) electrons. The Labute approximate surface area is 193 Å². The van der Waals surface area contributed by atoms with Gasteiger partial charge in [-0.05, 0) is 0 Å². The molecule has 0 saturated carbocycles. The van der Waals surface area contributed by atoms with Crippen molar-refractivity contribution < 1.29 is 24.6 Å². The first kappa shape index (κ1) is 29.2. The van der Waals surface area contributed by atoms with E-state index < -0.39 is 73.0 Å². The van der Waals surface area contributed by atoms with Gasteiger partial charge in [0, 0.05) is 0 Å². The zero-order chi connectivity index (χ0) is 22.7. The zero-order valence-corrected chi connectivity index (χ0v) is 34.2. The molecule has 0 aliphatic rings. The quantitative estimate of drug-likeness (QED) is 0.228. The molecule has 0 amide bonds. The molecule has 0 bridgehead atoms. The minimum atomic E-state index is -1.33. The van der Waals surface area contributed by atoms with Crippen molar-refractivity contribution >= 4 is 48.4 Å². The van der Waals surface area contributed by atoms with E-state index in [1.807, 2.05) is 0 Å². The van der Waals surface area contributed by atoms with E-state index in [0.29, 0.717) is 0 Å². The molecule has 0 aliphatic carbocycles. The van der Waals surface area contributed by atoms with Gasteiger partial charge in [0.15, 0.2) is 0 Å². The number of hydrogen-bond donors (Lipinski definition) is 0. The third-order valence-electron chi connectivity index (χ3n) is 8.21. The molecule has 0 N–H and O–H groups in total. The molecule has 0 rings (SSSR count). The molecule has 0 aromatic heterocycles. The molecule has 0 unspecified atom stereocenters. The van der Waals surface area contributed by atoms with Gasteiger partial charge in [0.1, 0.15) is 0 Å². The van der Waals surface area contributed by atoms with E-state index in [1.165, 1.54) is 0 Å². The summed E-state index contributed by atoms with van der Waals surface area (Å²) in [6.07, 6.45) is 0. The van der Waals surface area contributed by atoms with Gasteiger partial charge in [-0.1, -0.05) is 0 Å². The summed E-state index contributed by atoms with van der Waals surface area (Å²) in [5.74, 6) is 0. The molecular formula is C20H54HgSi6.